The third kappa shape index (κ3) is 17.3. The Morgan fingerprint density at radius 2 is 1.00 bits per heavy atom. The highest BCUT2D eigenvalue weighted by Gasteiger charge is 2.17. The standard InChI is InChI=1S/C6H10O4S2.C4H6O4S2/c1-3(5(7)8)11-12-4(2)6(9)10;5-3(6)1-9-10-2-4(7)8/h3-4H,1-2H3,(H,7,8)(H,9,10);1-2H2,(H,5,6)(H,7,8). The summed E-state index contributed by atoms with van der Waals surface area (Å²) in [5.41, 5.74) is 0. The zero-order chi connectivity index (χ0) is 17.7. The van der Waals surface area contributed by atoms with Crippen molar-refractivity contribution in [3.05, 3.63) is 0 Å². The van der Waals surface area contributed by atoms with Gasteiger partial charge in [0, 0.05) is 0 Å². The zero-order valence-electron chi connectivity index (χ0n) is 11.6. The second-order valence-corrected chi connectivity index (χ2v) is 8.88. The largest absolute Gasteiger partial charge is 0.481 e. The lowest BCUT2D eigenvalue weighted by Gasteiger charge is -2.07. The number of aliphatic carboxylic acids is 4. The number of carboxylic acids is 4. The molecule has 0 bridgehead atoms. The van der Waals surface area contributed by atoms with Crippen molar-refractivity contribution in [1.29, 1.82) is 0 Å². The number of rotatable bonds is 10. The SMILES string of the molecule is CC(SSC(C)C(=O)O)C(=O)O.O=C(O)CSSCC(=O)O. The van der Waals surface area contributed by atoms with Gasteiger partial charge in [0.2, 0.25) is 0 Å². The van der Waals surface area contributed by atoms with Crippen molar-refractivity contribution in [3.63, 3.8) is 0 Å². The number of carboxylic acid groups (broad SMARTS) is 4. The van der Waals surface area contributed by atoms with Crippen LogP contribution in [0.25, 0.3) is 0 Å². The maximum atomic E-state index is 10.3. The molecule has 0 fully saturated rings. The molecule has 0 aromatic carbocycles. The molecule has 0 aromatic heterocycles. The molecule has 0 aromatic rings. The second kappa shape index (κ2) is 13.9. The van der Waals surface area contributed by atoms with Crippen molar-refractivity contribution >= 4 is 67.1 Å². The van der Waals surface area contributed by atoms with Crippen LogP contribution < -0.4 is 0 Å². The van der Waals surface area contributed by atoms with Gasteiger partial charge in [0.25, 0.3) is 0 Å². The molecule has 0 radical (unpaired) electrons. The first-order valence-electron chi connectivity index (χ1n) is 5.53. The molecule has 0 aliphatic rings. The van der Waals surface area contributed by atoms with E-state index in [0.717, 1.165) is 43.2 Å². The van der Waals surface area contributed by atoms with Gasteiger partial charge in [-0.2, -0.15) is 0 Å². The van der Waals surface area contributed by atoms with Gasteiger partial charge < -0.3 is 20.4 Å². The molecule has 0 spiro atoms. The van der Waals surface area contributed by atoms with Gasteiger partial charge >= 0.3 is 23.9 Å². The predicted octanol–water partition coefficient (Wildman–Crippen LogP) is 1.85. The highest BCUT2D eigenvalue weighted by atomic mass is 33.1. The van der Waals surface area contributed by atoms with Gasteiger partial charge in [-0.25, -0.2) is 0 Å². The minimum Gasteiger partial charge on any atom is -0.481 e. The summed E-state index contributed by atoms with van der Waals surface area (Å²) < 4.78 is 0. The van der Waals surface area contributed by atoms with E-state index in [-0.39, 0.29) is 11.5 Å². The highest BCUT2D eigenvalue weighted by Crippen LogP contribution is 2.30. The Bertz CT molecular complexity index is 353. The van der Waals surface area contributed by atoms with Gasteiger partial charge in [-0.05, 0) is 13.8 Å². The molecule has 0 heterocycles. The fourth-order valence-corrected chi connectivity index (χ4v) is 3.90. The molecule has 4 N–H and O–H groups in total. The predicted molar refractivity (Wildman–Crippen MR) is 89.6 cm³/mol. The molecule has 8 nitrogen and oxygen atoms in total. The van der Waals surface area contributed by atoms with E-state index >= 15 is 0 Å². The molecule has 2 atom stereocenters. The molecule has 128 valence electrons. The van der Waals surface area contributed by atoms with Crippen molar-refractivity contribution in [3.8, 4) is 0 Å². The summed E-state index contributed by atoms with van der Waals surface area (Å²) in [7, 11) is 4.17. The lowest BCUT2D eigenvalue weighted by atomic mass is 10.5. The lowest BCUT2D eigenvalue weighted by Crippen LogP contribution is -2.14. The molecule has 2 unspecified atom stereocenters. The van der Waals surface area contributed by atoms with Crippen molar-refractivity contribution in [2.75, 3.05) is 11.5 Å². The van der Waals surface area contributed by atoms with Crippen LogP contribution in [0.2, 0.25) is 0 Å². The Kier molecular flexibility index (Phi) is 14.9. The average molecular weight is 392 g/mol. The van der Waals surface area contributed by atoms with Crippen LogP contribution in [0.3, 0.4) is 0 Å². The van der Waals surface area contributed by atoms with Crippen LogP contribution in [-0.4, -0.2) is 66.3 Å². The fourth-order valence-electron chi connectivity index (χ4n) is 0.433. The number of hydrogen-bond acceptors (Lipinski definition) is 8. The summed E-state index contributed by atoms with van der Waals surface area (Å²) in [5.74, 6) is -3.82. The lowest BCUT2D eigenvalue weighted by molar-refractivity contribution is -0.137. The molecule has 0 amide bonds. The minimum atomic E-state index is -0.928. The topological polar surface area (TPSA) is 149 Å². The fraction of sp³-hybridized carbons (Fsp3) is 0.600. The Balaban J connectivity index is 0. The molecule has 0 aliphatic carbocycles. The van der Waals surface area contributed by atoms with Crippen LogP contribution in [0.4, 0.5) is 0 Å². The van der Waals surface area contributed by atoms with E-state index in [0.29, 0.717) is 0 Å². The molecule has 0 saturated carbocycles. The number of carbonyl (C=O) groups is 4. The molecule has 0 rings (SSSR count). The summed E-state index contributed by atoms with van der Waals surface area (Å²) in [5, 5.41) is 32.0. The van der Waals surface area contributed by atoms with E-state index in [1.165, 1.54) is 13.8 Å². The first kappa shape index (κ1) is 23.5. The molecular weight excluding hydrogens is 376 g/mol. The normalized spacial score (nSPS) is 12.5. The Hall–Kier alpha value is -0.720. The Morgan fingerprint density at radius 3 is 1.18 bits per heavy atom. The van der Waals surface area contributed by atoms with Crippen LogP contribution in [0.15, 0.2) is 0 Å². The van der Waals surface area contributed by atoms with Crippen LogP contribution in [-0.2, 0) is 19.2 Å². The molecule has 12 heteroatoms. The summed E-state index contributed by atoms with van der Waals surface area (Å²) in [6, 6.07) is 0. The first-order valence-corrected chi connectivity index (χ1v) is 10.3. The monoisotopic (exact) mass is 392 g/mol. The highest BCUT2D eigenvalue weighted by molar-refractivity contribution is 8.77. The van der Waals surface area contributed by atoms with Crippen molar-refractivity contribution in [2.45, 2.75) is 24.3 Å². The van der Waals surface area contributed by atoms with Crippen molar-refractivity contribution < 1.29 is 39.6 Å². The van der Waals surface area contributed by atoms with E-state index in [9.17, 15) is 19.2 Å². The molecular formula is C10H16O8S4. The summed E-state index contributed by atoms with van der Waals surface area (Å²) in [4.78, 5) is 40.3. The summed E-state index contributed by atoms with van der Waals surface area (Å²) >= 11 is 0. The molecule has 0 saturated heterocycles. The Labute approximate surface area is 142 Å². The van der Waals surface area contributed by atoms with Gasteiger partial charge in [-0.15, -0.1) is 0 Å². The second-order valence-electron chi connectivity index (χ2n) is 3.47. The third-order valence-electron chi connectivity index (χ3n) is 1.49. The maximum Gasteiger partial charge on any atom is 0.317 e. The van der Waals surface area contributed by atoms with E-state index in [4.69, 9.17) is 20.4 Å². The van der Waals surface area contributed by atoms with Crippen LogP contribution in [0.1, 0.15) is 13.8 Å². The Morgan fingerprint density at radius 1 is 0.727 bits per heavy atom. The zero-order valence-corrected chi connectivity index (χ0v) is 14.9. The van der Waals surface area contributed by atoms with Crippen LogP contribution in [0.5, 0.6) is 0 Å². The van der Waals surface area contributed by atoms with Gasteiger partial charge in [-0.1, -0.05) is 43.2 Å². The van der Waals surface area contributed by atoms with E-state index in [1.54, 1.807) is 0 Å². The van der Waals surface area contributed by atoms with Gasteiger partial charge in [0.1, 0.15) is 22.0 Å². The van der Waals surface area contributed by atoms with E-state index in [2.05, 4.69) is 0 Å². The minimum absolute atomic E-state index is 0.0576. The molecule has 0 aliphatic heterocycles. The van der Waals surface area contributed by atoms with Gasteiger partial charge in [0.05, 0.1) is 0 Å². The average Bonchev–Trinajstić information content (AvgIpc) is 2.40. The third-order valence-corrected chi connectivity index (χ3v) is 6.75. The van der Waals surface area contributed by atoms with Crippen molar-refractivity contribution in [1.82, 2.24) is 0 Å². The van der Waals surface area contributed by atoms with E-state index < -0.39 is 34.4 Å². The van der Waals surface area contributed by atoms with E-state index in [1.807, 2.05) is 0 Å². The van der Waals surface area contributed by atoms with Gasteiger partial charge in [0.15, 0.2) is 0 Å². The maximum absolute atomic E-state index is 10.3. The first-order chi connectivity index (χ1) is 10.1. The summed E-state index contributed by atoms with van der Waals surface area (Å²) in [6.45, 7) is 3.04. The van der Waals surface area contributed by atoms with Crippen LogP contribution in [0, 0.1) is 0 Å². The quantitative estimate of drug-likeness (QED) is 0.317. The van der Waals surface area contributed by atoms with Crippen molar-refractivity contribution in [2.24, 2.45) is 0 Å². The number of hydrogen-bond donors (Lipinski definition) is 4. The van der Waals surface area contributed by atoms with Gasteiger partial charge in [-0.3, -0.25) is 19.2 Å². The van der Waals surface area contributed by atoms with Crippen LogP contribution >= 0.6 is 43.2 Å². The smallest absolute Gasteiger partial charge is 0.317 e. The molecule has 22 heavy (non-hydrogen) atoms. The summed E-state index contributed by atoms with van der Waals surface area (Å²) in [6.07, 6.45) is 0.